The van der Waals surface area contributed by atoms with Crippen LogP contribution in [0.5, 0.6) is 0 Å². The molecule has 2 atom stereocenters. The van der Waals surface area contributed by atoms with Crippen molar-refractivity contribution in [2.75, 3.05) is 18.2 Å². The lowest BCUT2D eigenvalue weighted by molar-refractivity contribution is 0.0996. The molecule has 1 aromatic rings. The summed E-state index contributed by atoms with van der Waals surface area (Å²) in [6, 6.07) is 8.44. The number of hydrogen-bond donors (Lipinski definition) is 1. The van der Waals surface area contributed by atoms with E-state index in [1.54, 1.807) is 11.8 Å². The zero-order valence-corrected chi connectivity index (χ0v) is 11.6. The predicted molar refractivity (Wildman–Crippen MR) is 75.0 cm³/mol. The maximum Gasteiger partial charge on any atom is 0.102 e. The molecule has 0 aromatic heterocycles. The molecule has 0 bridgehead atoms. The van der Waals surface area contributed by atoms with E-state index >= 15 is 0 Å². The molecule has 0 aliphatic carbocycles. The highest BCUT2D eigenvalue weighted by Gasteiger charge is 2.23. The Morgan fingerprint density at radius 2 is 2.39 bits per heavy atom. The Kier molecular flexibility index (Phi) is 4.51. The molecule has 1 aliphatic rings. The third-order valence-corrected chi connectivity index (χ3v) is 4.04. The van der Waals surface area contributed by atoms with Crippen molar-refractivity contribution in [1.29, 1.82) is 5.26 Å². The maximum atomic E-state index is 9.27. The summed E-state index contributed by atoms with van der Waals surface area (Å²) in [5.41, 5.74) is 1.64. The van der Waals surface area contributed by atoms with E-state index in [0.29, 0.717) is 0 Å². The first kappa shape index (κ1) is 13.3. The Balaban J connectivity index is 2.15. The number of anilines is 1. The third kappa shape index (κ3) is 2.80. The van der Waals surface area contributed by atoms with Gasteiger partial charge in [-0.3, -0.25) is 0 Å². The van der Waals surface area contributed by atoms with E-state index in [2.05, 4.69) is 18.3 Å². The molecule has 1 aliphatic heterocycles. The normalized spacial score (nSPS) is 20.4. The SMILES string of the molecule is CSc1cccc(NC(C)C2CCCO2)c1C#N. The van der Waals surface area contributed by atoms with E-state index in [-0.39, 0.29) is 12.1 Å². The van der Waals surface area contributed by atoms with Crippen LogP contribution in [0.1, 0.15) is 25.3 Å². The van der Waals surface area contributed by atoms with Crippen molar-refractivity contribution >= 4 is 17.4 Å². The molecule has 0 saturated carbocycles. The number of ether oxygens (including phenoxy) is 1. The second-order valence-electron chi connectivity index (χ2n) is 4.48. The Bertz CT molecular complexity index is 450. The molecule has 0 amide bonds. The van der Waals surface area contributed by atoms with Crippen molar-refractivity contribution in [3.8, 4) is 6.07 Å². The van der Waals surface area contributed by atoms with Gasteiger partial charge in [-0.25, -0.2) is 0 Å². The zero-order chi connectivity index (χ0) is 13.0. The monoisotopic (exact) mass is 262 g/mol. The van der Waals surface area contributed by atoms with Crippen LogP contribution in [-0.4, -0.2) is 25.0 Å². The minimum absolute atomic E-state index is 0.233. The van der Waals surface area contributed by atoms with Gasteiger partial charge in [0.2, 0.25) is 0 Å². The van der Waals surface area contributed by atoms with Crippen LogP contribution >= 0.6 is 11.8 Å². The van der Waals surface area contributed by atoms with Crippen molar-refractivity contribution in [3.63, 3.8) is 0 Å². The molecule has 0 radical (unpaired) electrons. The van der Waals surface area contributed by atoms with Crippen LogP contribution in [-0.2, 0) is 4.74 Å². The van der Waals surface area contributed by atoms with E-state index in [1.165, 1.54) is 0 Å². The predicted octanol–water partition coefficient (Wildman–Crippen LogP) is 3.26. The van der Waals surface area contributed by atoms with Gasteiger partial charge in [0.05, 0.1) is 17.4 Å². The highest BCUT2D eigenvalue weighted by atomic mass is 32.2. The molecule has 1 fully saturated rings. The van der Waals surface area contributed by atoms with Crippen LogP contribution in [0.4, 0.5) is 5.69 Å². The van der Waals surface area contributed by atoms with Crippen LogP contribution in [0, 0.1) is 11.3 Å². The molecule has 1 N–H and O–H groups in total. The summed E-state index contributed by atoms with van der Waals surface area (Å²) < 4.78 is 5.67. The quantitative estimate of drug-likeness (QED) is 0.846. The fraction of sp³-hybridized carbons (Fsp3) is 0.500. The average molecular weight is 262 g/mol. The lowest BCUT2D eigenvalue weighted by Gasteiger charge is -2.22. The van der Waals surface area contributed by atoms with Gasteiger partial charge in [-0.05, 0) is 38.2 Å². The molecule has 3 nitrogen and oxygen atoms in total. The van der Waals surface area contributed by atoms with Crippen LogP contribution in [0.3, 0.4) is 0 Å². The van der Waals surface area contributed by atoms with Crippen molar-refractivity contribution in [2.45, 2.75) is 36.8 Å². The van der Waals surface area contributed by atoms with Crippen LogP contribution in [0.25, 0.3) is 0 Å². The van der Waals surface area contributed by atoms with Gasteiger partial charge in [0.25, 0.3) is 0 Å². The summed E-state index contributed by atoms with van der Waals surface area (Å²) in [7, 11) is 0. The van der Waals surface area contributed by atoms with Gasteiger partial charge >= 0.3 is 0 Å². The highest BCUT2D eigenvalue weighted by Crippen LogP contribution is 2.28. The Hall–Kier alpha value is -1.18. The number of nitrogens with zero attached hydrogens (tertiary/aromatic N) is 1. The van der Waals surface area contributed by atoms with E-state index in [1.807, 2.05) is 24.5 Å². The molecule has 1 heterocycles. The third-order valence-electron chi connectivity index (χ3n) is 3.26. The largest absolute Gasteiger partial charge is 0.379 e. The van der Waals surface area contributed by atoms with Gasteiger partial charge in [-0.15, -0.1) is 11.8 Å². The lowest BCUT2D eigenvalue weighted by Crippen LogP contribution is -2.30. The molecule has 18 heavy (non-hydrogen) atoms. The molecule has 1 saturated heterocycles. The number of nitrogens with one attached hydrogen (secondary N) is 1. The average Bonchev–Trinajstić information content (AvgIpc) is 2.92. The first-order valence-electron chi connectivity index (χ1n) is 6.21. The second kappa shape index (κ2) is 6.12. The topological polar surface area (TPSA) is 45.0 Å². The van der Waals surface area contributed by atoms with Gasteiger partial charge in [0.15, 0.2) is 0 Å². The van der Waals surface area contributed by atoms with Crippen molar-refractivity contribution in [1.82, 2.24) is 0 Å². The Morgan fingerprint density at radius 3 is 3.00 bits per heavy atom. The van der Waals surface area contributed by atoms with E-state index in [9.17, 15) is 5.26 Å². The number of rotatable bonds is 4. The number of nitriles is 1. The molecule has 0 spiro atoms. The van der Waals surface area contributed by atoms with Crippen LogP contribution in [0.2, 0.25) is 0 Å². The minimum atomic E-state index is 0.233. The summed E-state index contributed by atoms with van der Waals surface area (Å²) in [6.07, 6.45) is 4.48. The summed E-state index contributed by atoms with van der Waals surface area (Å²) in [4.78, 5) is 1.02. The van der Waals surface area contributed by atoms with Gasteiger partial charge in [-0.1, -0.05) is 6.07 Å². The smallest absolute Gasteiger partial charge is 0.102 e. The molecular weight excluding hydrogens is 244 g/mol. The fourth-order valence-electron chi connectivity index (χ4n) is 2.27. The molecular formula is C14H18N2OS. The van der Waals surface area contributed by atoms with Gasteiger partial charge in [0, 0.05) is 17.5 Å². The fourth-order valence-corrected chi connectivity index (χ4v) is 2.85. The molecule has 1 aromatic carbocycles. The van der Waals surface area contributed by atoms with Crippen molar-refractivity contribution in [3.05, 3.63) is 23.8 Å². The highest BCUT2D eigenvalue weighted by molar-refractivity contribution is 7.98. The maximum absolute atomic E-state index is 9.27. The van der Waals surface area contributed by atoms with Crippen molar-refractivity contribution in [2.24, 2.45) is 0 Å². The number of hydrogen-bond acceptors (Lipinski definition) is 4. The summed E-state index contributed by atoms with van der Waals surface area (Å²) in [6.45, 7) is 2.97. The lowest BCUT2D eigenvalue weighted by atomic mass is 10.1. The molecule has 2 unspecified atom stereocenters. The minimum Gasteiger partial charge on any atom is -0.379 e. The van der Waals surface area contributed by atoms with Crippen LogP contribution in [0.15, 0.2) is 23.1 Å². The van der Waals surface area contributed by atoms with Gasteiger partial charge in [-0.2, -0.15) is 5.26 Å². The Labute approximate surface area is 113 Å². The van der Waals surface area contributed by atoms with E-state index < -0.39 is 0 Å². The Morgan fingerprint density at radius 1 is 1.56 bits per heavy atom. The van der Waals surface area contributed by atoms with Crippen LogP contribution < -0.4 is 5.32 Å². The molecule has 96 valence electrons. The summed E-state index contributed by atoms with van der Waals surface area (Å²) in [5, 5.41) is 12.7. The van der Waals surface area contributed by atoms with E-state index in [4.69, 9.17) is 4.74 Å². The van der Waals surface area contributed by atoms with Gasteiger partial charge in [0.1, 0.15) is 6.07 Å². The first-order chi connectivity index (χ1) is 8.76. The molecule has 4 heteroatoms. The first-order valence-corrected chi connectivity index (χ1v) is 7.44. The summed E-state index contributed by atoms with van der Waals surface area (Å²) >= 11 is 1.60. The van der Waals surface area contributed by atoms with Gasteiger partial charge < -0.3 is 10.1 Å². The van der Waals surface area contributed by atoms with E-state index in [0.717, 1.165) is 35.6 Å². The van der Waals surface area contributed by atoms with Crippen molar-refractivity contribution < 1.29 is 4.74 Å². The number of benzene rings is 1. The standard InChI is InChI=1S/C14H18N2OS/c1-10(13-6-4-8-17-13)16-12-5-3-7-14(18-2)11(12)9-15/h3,5,7,10,13,16H,4,6,8H2,1-2H3. The molecule has 2 rings (SSSR count). The summed E-state index contributed by atoms with van der Waals surface area (Å²) in [5.74, 6) is 0. The second-order valence-corrected chi connectivity index (χ2v) is 5.33. The zero-order valence-electron chi connectivity index (χ0n) is 10.8. The number of thioether (sulfide) groups is 1.